The Morgan fingerprint density at radius 2 is 1.70 bits per heavy atom. The Hall–Kier alpha value is -2.95. The molecule has 2 aromatic carbocycles. The number of hydrogen-bond donors (Lipinski definition) is 1. The van der Waals surface area contributed by atoms with E-state index in [4.69, 9.17) is 9.47 Å². The van der Waals surface area contributed by atoms with Crippen LogP contribution in [0.3, 0.4) is 0 Å². The molecule has 5 heteroatoms. The predicted octanol–water partition coefficient (Wildman–Crippen LogP) is 2.93. The highest BCUT2D eigenvalue weighted by Crippen LogP contribution is 2.40. The SMILES string of the molecule is COc1cc(C=C2C(=O)N(C)c3ccccc32)cc(OC)c1O. The first-order valence-electron chi connectivity index (χ1n) is 7.11. The van der Waals surface area contributed by atoms with Crippen molar-refractivity contribution >= 4 is 23.2 Å². The number of fused-ring (bicyclic) bond motifs is 1. The zero-order chi connectivity index (χ0) is 16.6. The number of phenols is 1. The van der Waals surface area contributed by atoms with Crippen molar-refractivity contribution in [1.82, 2.24) is 0 Å². The van der Waals surface area contributed by atoms with Crippen molar-refractivity contribution in [2.24, 2.45) is 0 Å². The highest BCUT2D eigenvalue weighted by atomic mass is 16.5. The molecule has 0 unspecified atom stereocenters. The number of nitrogens with zero attached hydrogens (tertiary/aromatic N) is 1. The summed E-state index contributed by atoms with van der Waals surface area (Å²) < 4.78 is 10.3. The summed E-state index contributed by atoms with van der Waals surface area (Å²) in [5, 5.41) is 9.98. The Labute approximate surface area is 134 Å². The van der Waals surface area contributed by atoms with Crippen molar-refractivity contribution in [3.05, 3.63) is 47.5 Å². The molecule has 0 aromatic heterocycles. The molecule has 0 radical (unpaired) electrons. The predicted molar refractivity (Wildman–Crippen MR) is 88.9 cm³/mol. The summed E-state index contributed by atoms with van der Waals surface area (Å²) in [7, 11) is 4.68. The van der Waals surface area contributed by atoms with Gasteiger partial charge in [-0.1, -0.05) is 18.2 Å². The van der Waals surface area contributed by atoms with Crippen LogP contribution in [0.2, 0.25) is 0 Å². The number of carbonyl (C=O) groups excluding carboxylic acids is 1. The van der Waals surface area contributed by atoms with Gasteiger partial charge < -0.3 is 19.5 Å². The maximum absolute atomic E-state index is 12.5. The third-order valence-corrected chi connectivity index (χ3v) is 3.90. The minimum atomic E-state index is -0.0720. The Balaban J connectivity index is 2.14. The number of ether oxygens (including phenoxy) is 2. The smallest absolute Gasteiger partial charge is 0.258 e. The van der Waals surface area contributed by atoms with Crippen molar-refractivity contribution < 1.29 is 19.4 Å². The molecule has 2 aromatic rings. The number of likely N-dealkylation sites (N-methyl/N-ethyl adjacent to an activating group) is 1. The lowest BCUT2D eigenvalue weighted by atomic mass is 10.0. The van der Waals surface area contributed by atoms with Crippen LogP contribution in [-0.2, 0) is 4.79 Å². The van der Waals surface area contributed by atoms with Crippen LogP contribution in [0.1, 0.15) is 11.1 Å². The van der Waals surface area contributed by atoms with Gasteiger partial charge in [-0.15, -0.1) is 0 Å². The summed E-state index contributed by atoms with van der Waals surface area (Å²) in [5.74, 6) is 0.455. The monoisotopic (exact) mass is 311 g/mol. The van der Waals surface area contributed by atoms with E-state index >= 15 is 0 Å². The molecule has 5 nitrogen and oxygen atoms in total. The van der Waals surface area contributed by atoms with Crippen molar-refractivity contribution in [2.75, 3.05) is 26.2 Å². The third-order valence-electron chi connectivity index (χ3n) is 3.90. The number of anilines is 1. The molecule has 1 aliphatic rings. The molecule has 1 N–H and O–H groups in total. The maximum Gasteiger partial charge on any atom is 0.258 e. The van der Waals surface area contributed by atoms with E-state index in [2.05, 4.69) is 0 Å². The first kappa shape index (κ1) is 15.0. The van der Waals surface area contributed by atoms with E-state index in [0.717, 1.165) is 11.3 Å². The van der Waals surface area contributed by atoms with Gasteiger partial charge in [0.2, 0.25) is 5.75 Å². The molecule has 118 valence electrons. The average molecular weight is 311 g/mol. The second kappa shape index (κ2) is 5.68. The Morgan fingerprint density at radius 3 is 2.30 bits per heavy atom. The van der Waals surface area contributed by atoms with Crippen LogP contribution in [0.25, 0.3) is 11.6 Å². The van der Waals surface area contributed by atoms with Gasteiger partial charge in [0.1, 0.15) is 0 Å². The molecule has 0 saturated carbocycles. The quantitative estimate of drug-likeness (QED) is 0.886. The van der Waals surface area contributed by atoms with Crippen LogP contribution in [-0.4, -0.2) is 32.3 Å². The van der Waals surface area contributed by atoms with Gasteiger partial charge in [0.05, 0.1) is 19.9 Å². The first-order chi connectivity index (χ1) is 11.1. The van der Waals surface area contributed by atoms with E-state index in [1.165, 1.54) is 14.2 Å². The summed E-state index contributed by atoms with van der Waals surface area (Å²) in [6.45, 7) is 0. The number of benzene rings is 2. The molecule has 0 spiro atoms. The lowest BCUT2D eigenvalue weighted by Gasteiger charge is -2.10. The van der Waals surface area contributed by atoms with Crippen molar-refractivity contribution in [3.63, 3.8) is 0 Å². The minimum Gasteiger partial charge on any atom is -0.502 e. The third kappa shape index (κ3) is 2.40. The van der Waals surface area contributed by atoms with Gasteiger partial charge in [0.25, 0.3) is 5.91 Å². The van der Waals surface area contributed by atoms with Gasteiger partial charge in [-0.05, 0) is 29.8 Å². The highest BCUT2D eigenvalue weighted by molar-refractivity contribution is 6.35. The van der Waals surface area contributed by atoms with E-state index in [9.17, 15) is 9.90 Å². The summed E-state index contributed by atoms with van der Waals surface area (Å²) >= 11 is 0. The normalized spacial score (nSPS) is 15.0. The summed E-state index contributed by atoms with van der Waals surface area (Å²) in [4.78, 5) is 14.1. The van der Waals surface area contributed by atoms with Crippen molar-refractivity contribution in [3.8, 4) is 17.2 Å². The summed E-state index contributed by atoms with van der Waals surface area (Å²) in [6.07, 6.45) is 1.77. The van der Waals surface area contributed by atoms with Crippen LogP contribution in [0, 0.1) is 0 Å². The number of aromatic hydroxyl groups is 1. The highest BCUT2D eigenvalue weighted by Gasteiger charge is 2.29. The minimum absolute atomic E-state index is 0.0626. The Kier molecular flexibility index (Phi) is 3.70. The summed E-state index contributed by atoms with van der Waals surface area (Å²) in [6, 6.07) is 11.0. The molecule has 23 heavy (non-hydrogen) atoms. The average Bonchev–Trinajstić information content (AvgIpc) is 2.81. The zero-order valence-electron chi connectivity index (χ0n) is 13.2. The van der Waals surface area contributed by atoms with Crippen LogP contribution >= 0.6 is 0 Å². The van der Waals surface area contributed by atoms with Crippen LogP contribution in [0.5, 0.6) is 17.2 Å². The van der Waals surface area contributed by atoms with Gasteiger partial charge >= 0.3 is 0 Å². The molecule has 0 atom stereocenters. The number of amides is 1. The van der Waals surface area contributed by atoms with Gasteiger partial charge in [-0.25, -0.2) is 0 Å². The first-order valence-corrected chi connectivity index (χ1v) is 7.11. The summed E-state index contributed by atoms with van der Waals surface area (Å²) in [5.41, 5.74) is 3.07. The molecule has 0 saturated heterocycles. The number of para-hydroxylation sites is 1. The Bertz CT molecular complexity index is 785. The second-order valence-corrected chi connectivity index (χ2v) is 5.21. The molecule has 1 aliphatic heterocycles. The molecular weight excluding hydrogens is 294 g/mol. The van der Waals surface area contributed by atoms with Crippen LogP contribution in [0.15, 0.2) is 36.4 Å². The fourth-order valence-corrected chi connectivity index (χ4v) is 2.70. The van der Waals surface area contributed by atoms with Gasteiger partial charge in [0.15, 0.2) is 11.5 Å². The Morgan fingerprint density at radius 1 is 1.09 bits per heavy atom. The maximum atomic E-state index is 12.5. The van der Waals surface area contributed by atoms with Crippen molar-refractivity contribution in [2.45, 2.75) is 0 Å². The molecule has 0 bridgehead atoms. The lowest BCUT2D eigenvalue weighted by molar-refractivity contribution is -0.112. The van der Waals surface area contributed by atoms with Gasteiger partial charge in [-0.3, -0.25) is 4.79 Å². The number of methoxy groups -OCH3 is 2. The standard InChI is InChI=1S/C18H17NO4/c1-19-14-7-5-4-6-12(14)13(18(19)21)8-11-9-15(22-2)17(20)16(10-11)23-3/h4-10,20H,1-3H3. The van der Waals surface area contributed by atoms with Gasteiger partial charge in [-0.2, -0.15) is 0 Å². The fraction of sp³-hybridized carbons (Fsp3) is 0.167. The van der Waals surface area contributed by atoms with Gasteiger partial charge in [0, 0.05) is 18.2 Å². The van der Waals surface area contributed by atoms with E-state index < -0.39 is 0 Å². The molecule has 1 heterocycles. The van der Waals surface area contributed by atoms with E-state index in [1.54, 1.807) is 30.2 Å². The fourth-order valence-electron chi connectivity index (χ4n) is 2.70. The van der Waals surface area contributed by atoms with Crippen LogP contribution < -0.4 is 14.4 Å². The van der Waals surface area contributed by atoms with E-state index in [1.807, 2.05) is 24.3 Å². The number of hydrogen-bond acceptors (Lipinski definition) is 4. The second-order valence-electron chi connectivity index (χ2n) is 5.21. The topological polar surface area (TPSA) is 59.0 Å². The zero-order valence-corrected chi connectivity index (χ0v) is 13.2. The number of rotatable bonds is 3. The molecule has 1 amide bonds. The van der Waals surface area contributed by atoms with Crippen LogP contribution in [0.4, 0.5) is 5.69 Å². The molecule has 0 aliphatic carbocycles. The largest absolute Gasteiger partial charge is 0.502 e. The lowest BCUT2D eigenvalue weighted by Crippen LogP contribution is -2.20. The number of phenolic OH excluding ortho intramolecular Hbond substituents is 1. The van der Waals surface area contributed by atoms with E-state index in [0.29, 0.717) is 22.6 Å². The molecule has 0 fully saturated rings. The molecule has 3 rings (SSSR count). The van der Waals surface area contributed by atoms with Crippen molar-refractivity contribution in [1.29, 1.82) is 0 Å². The number of carbonyl (C=O) groups is 1. The molecular formula is C18H17NO4. The van der Waals surface area contributed by atoms with E-state index in [-0.39, 0.29) is 11.7 Å².